The lowest BCUT2D eigenvalue weighted by molar-refractivity contribution is -0.127. The van der Waals surface area contributed by atoms with Gasteiger partial charge in [0.2, 0.25) is 5.91 Å². The molecule has 0 saturated carbocycles. The van der Waals surface area contributed by atoms with Gasteiger partial charge in [-0.25, -0.2) is 0 Å². The van der Waals surface area contributed by atoms with E-state index in [0.717, 1.165) is 51.0 Å². The van der Waals surface area contributed by atoms with Gasteiger partial charge in [-0.2, -0.15) is 0 Å². The van der Waals surface area contributed by atoms with Crippen LogP contribution in [-0.4, -0.2) is 74.4 Å². The van der Waals surface area contributed by atoms with Gasteiger partial charge in [-0.05, 0) is 96.9 Å². The first-order chi connectivity index (χ1) is 22.1. The van der Waals surface area contributed by atoms with E-state index >= 15 is 0 Å². The van der Waals surface area contributed by atoms with E-state index in [1.807, 2.05) is 38.1 Å². The predicted octanol–water partition coefficient (Wildman–Crippen LogP) is 5.60. The molecule has 0 atom stereocenters. The molecule has 0 radical (unpaired) electrons. The van der Waals surface area contributed by atoms with E-state index < -0.39 is 23.6 Å². The van der Waals surface area contributed by atoms with Crippen LogP contribution in [0.1, 0.15) is 16.7 Å². The van der Waals surface area contributed by atoms with Crippen molar-refractivity contribution in [3.05, 3.63) is 80.7 Å². The Labute approximate surface area is 279 Å². The number of rotatable bonds is 10. The van der Waals surface area contributed by atoms with Crippen molar-refractivity contribution in [3.63, 3.8) is 0 Å². The van der Waals surface area contributed by atoms with Crippen molar-refractivity contribution in [2.45, 2.75) is 13.8 Å². The van der Waals surface area contributed by atoms with Gasteiger partial charge >= 0.3 is 0 Å². The highest BCUT2D eigenvalue weighted by Crippen LogP contribution is 2.35. The number of nitrogens with zero attached hydrogens (tertiary/aromatic N) is 2. The summed E-state index contributed by atoms with van der Waals surface area (Å²) in [5, 5.41) is 5.06. The number of carbonyl (C=O) groups is 4. The number of carbonyl (C=O) groups excluding carboxylic acids is 4. The van der Waals surface area contributed by atoms with Crippen LogP contribution in [0.3, 0.4) is 0 Å². The molecule has 0 bridgehead atoms. The molecule has 0 unspecified atom stereocenters. The highest BCUT2D eigenvalue weighted by molar-refractivity contribution is 9.10. The SMILES string of the molecule is COc1cc(/C=C2/SC(=O)N(CC(=O)Nc3ccc(N4CCOCC4)cc3)C2=O)ccc1OCC(=O)Nc1ccc(Br)c(C)c1C. The minimum Gasteiger partial charge on any atom is -0.493 e. The standard InChI is InChI=1S/C33H33BrN4O7S/c1-20-21(2)26(10-9-25(20)34)36-31(40)19-45-27-11-4-22(16-28(27)43-3)17-29-32(41)38(33(42)46-29)18-30(39)35-23-5-7-24(8-6-23)37-12-14-44-15-13-37/h4-11,16-17H,12-15,18-19H2,1-3H3,(H,35,39)(H,36,40)/b29-17+. The molecule has 11 nitrogen and oxygen atoms in total. The molecule has 0 spiro atoms. The molecule has 5 rings (SSSR count). The zero-order valence-electron chi connectivity index (χ0n) is 25.6. The van der Waals surface area contributed by atoms with E-state index in [9.17, 15) is 19.2 Å². The minimum absolute atomic E-state index is 0.169. The van der Waals surface area contributed by atoms with Gasteiger partial charge in [0, 0.05) is 34.6 Å². The first-order valence-corrected chi connectivity index (χ1v) is 16.1. The Hall–Kier alpha value is -4.33. The fourth-order valence-corrected chi connectivity index (χ4v) is 6.12. The van der Waals surface area contributed by atoms with Gasteiger partial charge in [-0.1, -0.05) is 22.0 Å². The van der Waals surface area contributed by atoms with Gasteiger partial charge in [-0.3, -0.25) is 24.1 Å². The lowest BCUT2D eigenvalue weighted by Gasteiger charge is -2.28. The van der Waals surface area contributed by atoms with Crippen molar-refractivity contribution in [2.75, 3.05) is 62.1 Å². The Bertz CT molecular complexity index is 1690. The van der Waals surface area contributed by atoms with Gasteiger partial charge in [0.05, 0.1) is 25.2 Å². The number of amides is 4. The molecule has 240 valence electrons. The van der Waals surface area contributed by atoms with Gasteiger partial charge in [0.1, 0.15) is 6.54 Å². The summed E-state index contributed by atoms with van der Waals surface area (Å²) in [6.07, 6.45) is 1.55. The Morgan fingerprint density at radius 3 is 2.41 bits per heavy atom. The average Bonchev–Trinajstić information content (AvgIpc) is 3.32. The Morgan fingerprint density at radius 2 is 1.70 bits per heavy atom. The topological polar surface area (TPSA) is 127 Å². The maximum Gasteiger partial charge on any atom is 0.294 e. The minimum atomic E-state index is -0.567. The third-order valence-corrected chi connectivity index (χ3v) is 9.31. The summed E-state index contributed by atoms with van der Waals surface area (Å²) in [4.78, 5) is 54.3. The highest BCUT2D eigenvalue weighted by Gasteiger charge is 2.36. The summed E-state index contributed by atoms with van der Waals surface area (Å²) in [6, 6.07) is 16.0. The number of anilines is 3. The Balaban J connectivity index is 1.17. The molecular formula is C33H33BrN4O7S. The average molecular weight is 710 g/mol. The first kappa shape index (κ1) is 33.0. The highest BCUT2D eigenvalue weighted by atomic mass is 79.9. The van der Waals surface area contributed by atoms with Gasteiger partial charge in [0.15, 0.2) is 18.1 Å². The second-order valence-corrected chi connectivity index (χ2v) is 12.4. The summed E-state index contributed by atoms with van der Waals surface area (Å²) >= 11 is 4.24. The van der Waals surface area contributed by atoms with E-state index in [1.54, 1.807) is 36.4 Å². The number of morpholine rings is 1. The smallest absolute Gasteiger partial charge is 0.294 e. The number of hydrogen-bond acceptors (Lipinski definition) is 9. The van der Waals surface area contributed by atoms with Crippen LogP contribution in [0.15, 0.2) is 64.0 Å². The lowest BCUT2D eigenvalue weighted by atomic mass is 10.1. The third-order valence-electron chi connectivity index (χ3n) is 7.54. The number of hydrogen-bond donors (Lipinski definition) is 2. The zero-order chi connectivity index (χ0) is 32.8. The molecule has 3 aromatic carbocycles. The Kier molecular flexibility index (Phi) is 10.7. The van der Waals surface area contributed by atoms with Crippen LogP contribution in [0.25, 0.3) is 6.08 Å². The van der Waals surface area contributed by atoms with Crippen LogP contribution in [0.2, 0.25) is 0 Å². The summed E-state index contributed by atoms with van der Waals surface area (Å²) in [7, 11) is 1.46. The number of nitrogens with one attached hydrogen (secondary N) is 2. The van der Waals surface area contributed by atoms with E-state index in [4.69, 9.17) is 14.2 Å². The lowest BCUT2D eigenvalue weighted by Crippen LogP contribution is -2.36. The molecule has 2 heterocycles. The molecule has 2 aliphatic rings. The molecule has 2 saturated heterocycles. The third kappa shape index (κ3) is 7.90. The molecule has 0 aromatic heterocycles. The number of methoxy groups -OCH3 is 1. The van der Waals surface area contributed by atoms with Crippen molar-refractivity contribution in [2.24, 2.45) is 0 Å². The van der Waals surface area contributed by atoms with Crippen LogP contribution >= 0.6 is 27.7 Å². The van der Waals surface area contributed by atoms with Gasteiger partial charge in [0.25, 0.3) is 17.1 Å². The molecule has 3 aromatic rings. The molecule has 2 aliphatic heterocycles. The molecule has 4 amide bonds. The molecule has 0 aliphatic carbocycles. The maximum absolute atomic E-state index is 13.1. The normalized spacial score (nSPS) is 15.7. The second kappa shape index (κ2) is 14.8. The maximum atomic E-state index is 13.1. The van der Waals surface area contributed by atoms with E-state index in [0.29, 0.717) is 41.7 Å². The van der Waals surface area contributed by atoms with Crippen LogP contribution in [-0.2, 0) is 19.1 Å². The van der Waals surface area contributed by atoms with E-state index in [-0.39, 0.29) is 17.4 Å². The summed E-state index contributed by atoms with van der Waals surface area (Å²) in [6.45, 7) is 6.17. The van der Waals surface area contributed by atoms with Crippen LogP contribution in [0, 0.1) is 13.8 Å². The quantitative estimate of drug-likeness (QED) is 0.259. The number of ether oxygens (including phenoxy) is 3. The van der Waals surface area contributed by atoms with Crippen molar-refractivity contribution < 1.29 is 33.4 Å². The van der Waals surface area contributed by atoms with Crippen LogP contribution in [0.5, 0.6) is 11.5 Å². The number of thioether (sulfide) groups is 1. The van der Waals surface area contributed by atoms with Crippen molar-refractivity contribution in [1.29, 1.82) is 0 Å². The number of imide groups is 1. The second-order valence-electron chi connectivity index (χ2n) is 10.6. The predicted molar refractivity (Wildman–Crippen MR) is 182 cm³/mol. The van der Waals surface area contributed by atoms with Gasteiger partial charge < -0.3 is 29.7 Å². The summed E-state index contributed by atoms with van der Waals surface area (Å²) in [5.74, 6) is -0.710. The summed E-state index contributed by atoms with van der Waals surface area (Å²) < 4.78 is 17.5. The molecule has 13 heteroatoms. The first-order valence-electron chi connectivity index (χ1n) is 14.5. The zero-order valence-corrected chi connectivity index (χ0v) is 28.0. The van der Waals surface area contributed by atoms with Crippen molar-refractivity contribution in [1.82, 2.24) is 4.90 Å². The fraction of sp³-hybridized carbons (Fsp3) is 0.273. The van der Waals surface area contributed by atoms with Gasteiger partial charge in [-0.15, -0.1) is 0 Å². The molecular weight excluding hydrogens is 676 g/mol. The largest absolute Gasteiger partial charge is 0.493 e. The Morgan fingerprint density at radius 1 is 0.957 bits per heavy atom. The van der Waals surface area contributed by atoms with Crippen molar-refractivity contribution >= 4 is 73.8 Å². The summed E-state index contributed by atoms with van der Waals surface area (Å²) in [5.41, 5.74) is 4.84. The molecule has 46 heavy (non-hydrogen) atoms. The monoisotopic (exact) mass is 708 g/mol. The number of benzene rings is 3. The van der Waals surface area contributed by atoms with Crippen LogP contribution < -0.4 is 25.0 Å². The van der Waals surface area contributed by atoms with Crippen LogP contribution in [0.4, 0.5) is 21.9 Å². The fourth-order valence-electron chi connectivity index (χ4n) is 4.85. The number of halogens is 1. The van der Waals surface area contributed by atoms with E-state index in [1.165, 1.54) is 7.11 Å². The van der Waals surface area contributed by atoms with E-state index in [2.05, 4.69) is 31.5 Å². The molecule has 2 fully saturated rings. The molecule has 2 N–H and O–H groups in total. The van der Waals surface area contributed by atoms with Crippen molar-refractivity contribution in [3.8, 4) is 11.5 Å².